The van der Waals surface area contributed by atoms with Gasteiger partial charge in [0, 0.05) is 36.5 Å². The second-order valence-corrected chi connectivity index (χ2v) is 5.83. The van der Waals surface area contributed by atoms with E-state index < -0.39 is 62.6 Å². The summed E-state index contributed by atoms with van der Waals surface area (Å²) in [5.41, 5.74) is -1.50. The molecule has 0 aliphatic carbocycles. The Morgan fingerprint density at radius 2 is 1.95 bits per heavy atom. The van der Waals surface area contributed by atoms with Gasteiger partial charge in [0.15, 0.2) is 0 Å². The summed E-state index contributed by atoms with van der Waals surface area (Å²) in [5.74, 6) is 0. The van der Waals surface area contributed by atoms with Gasteiger partial charge in [0.25, 0.3) is 0 Å². The van der Waals surface area contributed by atoms with E-state index in [1.807, 2.05) is 27.7 Å². The Morgan fingerprint density at radius 1 is 1.35 bits per heavy atom. The van der Waals surface area contributed by atoms with Crippen LogP contribution in [0.3, 0.4) is 0 Å². The van der Waals surface area contributed by atoms with E-state index in [4.69, 9.17) is 23.6 Å². The summed E-state index contributed by atoms with van der Waals surface area (Å²) in [6, 6.07) is -2.59. The van der Waals surface area contributed by atoms with Gasteiger partial charge in [-0.05, 0) is 40.4 Å². The van der Waals surface area contributed by atoms with Crippen molar-refractivity contribution in [1.29, 1.82) is 0 Å². The van der Waals surface area contributed by atoms with Crippen molar-refractivity contribution in [3.63, 3.8) is 0 Å². The van der Waals surface area contributed by atoms with Gasteiger partial charge in [-0.15, -0.1) is 0 Å². The number of rotatable bonds is 2. The molecule has 0 radical (unpaired) electrons. The largest absolute Gasteiger partial charge is 0.498 e. The lowest BCUT2D eigenvalue weighted by atomic mass is 9.82. The van der Waals surface area contributed by atoms with E-state index in [0.717, 1.165) is 0 Å². The van der Waals surface area contributed by atoms with Gasteiger partial charge in [0.1, 0.15) is 0 Å². The maximum absolute atomic E-state index is 8.63. The summed E-state index contributed by atoms with van der Waals surface area (Å²) in [5, 5.41) is 3.85. The summed E-state index contributed by atoms with van der Waals surface area (Å²) < 4.78 is 75.1. The number of aromatic nitrogens is 2. The maximum atomic E-state index is 8.63. The molecule has 0 N–H and O–H groups in total. The van der Waals surface area contributed by atoms with E-state index in [0.29, 0.717) is 4.68 Å². The molecular formula is C14H23BN2O3. The quantitative estimate of drug-likeness (QED) is 0.773. The average molecular weight is 285 g/mol. The van der Waals surface area contributed by atoms with Crippen molar-refractivity contribution >= 4 is 12.6 Å². The smallest absolute Gasteiger partial charge is 0.399 e. The van der Waals surface area contributed by atoms with Crippen LogP contribution in [0.25, 0.3) is 0 Å². The SMILES string of the molecule is [2H]c1nn(C2([2H])C([2H])([2H])COCC2([2H])[2H])c([2H])c1B1OC(C)(C)C(C)(C)O1. The third-order valence-corrected chi connectivity index (χ3v) is 3.88. The fourth-order valence-electron chi connectivity index (χ4n) is 1.94. The molecule has 1 aromatic rings. The monoisotopic (exact) mass is 285 g/mol. The van der Waals surface area contributed by atoms with Gasteiger partial charge in [0.2, 0.25) is 0 Å². The zero-order chi connectivity index (χ0) is 20.6. The van der Waals surface area contributed by atoms with Gasteiger partial charge in [-0.25, -0.2) is 0 Å². The second kappa shape index (κ2) is 4.86. The summed E-state index contributed by atoms with van der Waals surface area (Å²) in [4.78, 5) is 0. The van der Waals surface area contributed by atoms with Gasteiger partial charge in [0.05, 0.1) is 21.3 Å². The van der Waals surface area contributed by atoms with Gasteiger partial charge in [-0.3, -0.25) is 4.68 Å². The van der Waals surface area contributed by atoms with Crippen LogP contribution in [0.15, 0.2) is 12.3 Å². The molecule has 20 heavy (non-hydrogen) atoms. The van der Waals surface area contributed by atoms with Crippen LogP contribution in [0, 0.1) is 0 Å². The average Bonchev–Trinajstić information content (AvgIpc) is 2.88. The zero-order valence-corrected chi connectivity index (χ0v) is 12.1. The molecule has 3 rings (SSSR count). The van der Waals surface area contributed by atoms with E-state index in [1.165, 1.54) is 0 Å². The Labute approximate surface area is 130 Å². The van der Waals surface area contributed by atoms with Crippen LogP contribution >= 0.6 is 0 Å². The minimum absolute atomic E-state index is 0.0571. The molecule has 3 heterocycles. The standard InChI is InChI=1S/C14H23BN2O3/c1-13(2)14(3,4)20-15(19-13)11-9-16-17(10-11)12-5-7-18-8-6-12/h9-10,12H,5-8H2,1-4H3/i5D2,6D2,9D,10D,12D. The lowest BCUT2D eigenvalue weighted by Crippen LogP contribution is -2.41. The molecule has 0 saturated carbocycles. The molecule has 2 aliphatic heterocycles. The fourth-order valence-corrected chi connectivity index (χ4v) is 1.94. The molecule has 0 spiro atoms. The molecule has 2 fully saturated rings. The predicted octanol–water partition coefficient (Wildman–Crippen LogP) is 1.53. The minimum atomic E-state index is -2.59. The maximum Gasteiger partial charge on any atom is 0.498 e. The molecule has 0 amide bonds. The molecule has 1 aromatic heterocycles. The summed E-state index contributed by atoms with van der Waals surface area (Å²) in [6.07, 6.45) is -5.85. The van der Waals surface area contributed by atoms with Crippen molar-refractivity contribution in [2.75, 3.05) is 13.2 Å². The van der Waals surface area contributed by atoms with Crippen LogP contribution in [-0.4, -0.2) is 41.3 Å². The van der Waals surface area contributed by atoms with Crippen molar-refractivity contribution in [2.45, 2.75) is 57.7 Å². The van der Waals surface area contributed by atoms with Crippen molar-refractivity contribution in [3.05, 3.63) is 12.3 Å². The molecule has 0 unspecified atom stereocenters. The third kappa shape index (κ3) is 2.40. The van der Waals surface area contributed by atoms with Gasteiger partial charge < -0.3 is 14.0 Å². The van der Waals surface area contributed by atoms with Crippen LogP contribution in [0.5, 0.6) is 0 Å². The Hall–Kier alpha value is -0.845. The Kier molecular flexibility index (Phi) is 1.94. The first-order chi connectivity index (χ1) is 12.1. The summed E-state index contributed by atoms with van der Waals surface area (Å²) in [7, 11) is -1.09. The van der Waals surface area contributed by atoms with Crippen molar-refractivity contribution < 1.29 is 23.6 Å². The van der Waals surface area contributed by atoms with Crippen molar-refractivity contribution in [2.24, 2.45) is 0 Å². The molecule has 0 bridgehead atoms. The zero-order valence-electron chi connectivity index (χ0n) is 19.1. The highest BCUT2D eigenvalue weighted by atomic mass is 16.7. The number of hydrogen-bond acceptors (Lipinski definition) is 4. The molecular weight excluding hydrogens is 255 g/mol. The highest BCUT2D eigenvalue weighted by Crippen LogP contribution is 2.36. The van der Waals surface area contributed by atoms with E-state index in [1.54, 1.807) is 0 Å². The minimum Gasteiger partial charge on any atom is -0.399 e. The number of nitrogens with zero attached hydrogens (tertiary/aromatic N) is 2. The second-order valence-electron chi connectivity index (χ2n) is 5.83. The van der Waals surface area contributed by atoms with Crippen LogP contribution in [0.2, 0.25) is 0 Å². The van der Waals surface area contributed by atoms with Gasteiger partial charge in [-0.2, -0.15) is 5.10 Å². The van der Waals surface area contributed by atoms with Gasteiger partial charge >= 0.3 is 7.12 Å². The van der Waals surface area contributed by atoms with Crippen LogP contribution in [-0.2, 0) is 14.0 Å². The normalized spacial score (nSPS) is 37.8. The Bertz CT molecular complexity index is 736. The predicted molar refractivity (Wildman–Crippen MR) is 77.0 cm³/mol. The van der Waals surface area contributed by atoms with Crippen molar-refractivity contribution in [3.8, 4) is 0 Å². The number of ether oxygens (including phenoxy) is 1. The third-order valence-electron chi connectivity index (χ3n) is 3.88. The molecule has 110 valence electrons. The van der Waals surface area contributed by atoms with Crippen LogP contribution < -0.4 is 5.46 Å². The van der Waals surface area contributed by atoms with E-state index in [9.17, 15) is 0 Å². The first kappa shape index (κ1) is 7.96. The molecule has 5 nitrogen and oxygen atoms in total. The molecule has 6 heteroatoms. The van der Waals surface area contributed by atoms with E-state index in [2.05, 4.69) is 5.10 Å². The van der Waals surface area contributed by atoms with Crippen LogP contribution in [0.1, 0.15) is 56.1 Å². The van der Waals surface area contributed by atoms with E-state index in [-0.39, 0.29) is 5.46 Å². The Morgan fingerprint density at radius 3 is 2.55 bits per heavy atom. The molecule has 0 atom stereocenters. The molecule has 2 aliphatic rings. The fraction of sp³-hybridized carbons (Fsp3) is 0.786. The highest BCUT2D eigenvalue weighted by Gasteiger charge is 2.52. The molecule has 0 aromatic carbocycles. The van der Waals surface area contributed by atoms with Crippen LogP contribution in [0.4, 0.5) is 0 Å². The Balaban J connectivity index is 2.12. The van der Waals surface area contributed by atoms with Gasteiger partial charge in [-0.1, -0.05) is 0 Å². The topological polar surface area (TPSA) is 45.5 Å². The number of hydrogen-bond donors (Lipinski definition) is 0. The van der Waals surface area contributed by atoms with Crippen molar-refractivity contribution in [1.82, 2.24) is 9.78 Å². The first-order valence-corrected chi connectivity index (χ1v) is 6.57. The highest BCUT2D eigenvalue weighted by molar-refractivity contribution is 6.61. The van der Waals surface area contributed by atoms with E-state index >= 15 is 0 Å². The first-order valence-electron chi connectivity index (χ1n) is 10.1. The molecule has 2 saturated heterocycles. The summed E-state index contributed by atoms with van der Waals surface area (Å²) in [6.45, 7) is 6.21. The summed E-state index contributed by atoms with van der Waals surface area (Å²) >= 11 is 0. The lowest BCUT2D eigenvalue weighted by Gasteiger charge is -2.32. The lowest BCUT2D eigenvalue weighted by molar-refractivity contribution is 0.00578.